The van der Waals surface area contributed by atoms with Gasteiger partial charge in [-0.15, -0.1) is 0 Å². The van der Waals surface area contributed by atoms with E-state index in [0.29, 0.717) is 12.5 Å². The summed E-state index contributed by atoms with van der Waals surface area (Å²) in [6, 6.07) is 3.97. The molecule has 0 radical (unpaired) electrons. The van der Waals surface area contributed by atoms with Gasteiger partial charge in [0.1, 0.15) is 5.58 Å². The Morgan fingerprint density at radius 1 is 1.19 bits per heavy atom. The van der Waals surface area contributed by atoms with Gasteiger partial charge >= 0.3 is 5.97 Å². The maximum absolute atomic E-state index is 12.1. The third-order valence-corrected chi connectivity index (χ3v) is 5.35. The maximum Gasteiger partial charge on any atom is 0.310 e. The number of hydrogen-bond donors (Lipinski definition) is 1. The summed E-state index contributed by atoms with van der Waals surface area (Å²) in [6.45, 7) is 4.48. The number of hydrogen-bond acceptors (Lipinski definition) is 4. The lowest BCUT2D eigenvalue weighted by atomic mass is 9.89. The molecule has 1 N–H and O–H groups in total. The smallest absolute Gasteiger partial charge is 0.310 e. The van der Waals surface area contributed by atoms with Gasteiger partial charge in [-0.3, -0.25) is 9.59 Å². The topological polar surface area (TPSA) is 68.5 Å². The van der Waals surface area contributed by atoms with Crippen molar-refractivity contribution in [2.75, 3.05) is 13.2 Å². The molecule has 0 saturated heterocycles. The molecule has 1 aromatic carbocycles. The lowest BCUT2D eigenvalue weighted by Gasteiger charge is -2.21. The van der Waals surface area contributed by atoms with Crippen molar-refractivity contribution in [3.8, 4) is 0 Å². The maximum atomic E-state index is 12.1. The summed E-state index contributed by atoms with van der Waals surface area (Å²) in [5, 5.41) is 3.80. The predicted octanol–water partition coefficient (Wildman–Crippen LogP) is 3.83. The minimum atomic E-state index is -0.418. The Hall–Kier alpha value is -2.30. The molecule has 5 heteroatoms. The van der Waals surface area contributed by atoms with Crippen LogP contribution in [-0.4, -0.2) is 25.0 Å². The average Bonchev–Trinajstić information content (AvgIpc) is 3.05. The fourth-order valence-electron chi connectivity index (χ4n) is 3.58. The number of rotatable bonds is 6. The molecule has 140 valence electrons. The molecule has 0 unspecified atom stereocenters. The zero-order valence-corrected chi connectivity index (χ0v) is 15.6. The zero-order chi connectivity index (χ0) is 18.5. The van der Waals surface area contributed by atoms with Crippen LogP contribution in [0, 0.1) is 19.8 Å². The molecule has 1 saturated carbocycles. The molecule has 1 aliphatic rings. The van der Waals surface area contributed by atoms with E-state index in [0.717, 1.165) is 27.7 Å². The lowest BCUT2D eigenvalue weighted by Crippen LogP contribution is -2.33. The molecule has 0 bridgehead atoms. The monoisotopic (exact) mass is 357 g/mol. The van der Waals surface area contributed by atoms with E-state index in [1.165, 1.54) is 32.1 Å². The van der Waals surface area contributed by atoms with Gasteiger partial charge in [0.2, 0.25) is 0 Å². The number of fused-ring (bicyclic) bond motifs is 1. The fourth-order valence-corrected chi connectivity index (χ4v) is 3.58. The van der Waals surface area contributed by atoms with Crippen LogP contribution in [0.25, 0.3) is 11.0 Å². The van der Waals surface area contributed by atoms with Crippen molar-refractivity contribution in [2.24, 2.45) is 5.92 Å². The van der Waals surface area contributed by atoms with Gasteiger partial charge in [-0.25, -0.2) is 0 Å². The van der Waals surface area contributed by atoms with E-state index in [1.807, 2.05) is 26.0 Å². The van der Waals surface area contributed by atoms with Crippen molar-refractivity contribution >= 4 is 22.8 Å². The van der Waals surface area contributed by atoms with Crippen LogP contribution in [-0.2, 0) is 20.7 Å². The predicted molar refractivity (Wildman–Crippen MR) is 99.9 cm³/mol. The van der Waals surface area contributed by atoms with Crippen LogP contribution in [0.1, 0.15) is 48.8 Å². The van der Waals surface area contributed by atoms with E-state index in [9.17, 15) is 9.59 Å². The fraction of sp³-hybridized carbons (Fsp3) is 0.524. The average molecular weight is 357 g/mol. The highest BCUT2D eigenvalue weighted by Crippen LogP contribution is 2.27. The number of benzene rings is 1. The van der Waals surface area contributed by atoms with Gasteiger partial charge < -0.3 is 14.5 Å². The summed E-state index contributed by atoms with van der Waals surface area (Å²) in [7, 11) is 0. The first-order valence-corrected chi connectivity index (χ1v) is 9.43. The minimum absolute atomic E-state index is 0.103. The van der Waals surface area contributed by atoms with Crippen LogP contribution >= 0.6 is 0 Å². The van der Waals surface area contributed by atoms with Gasteiger partial charge in [-0.1, -0.05) is 31.4 Å². The second-order valence-electron chi connectivity index (χ2n) is 7.29. The molecule has 0 atom stereocenters. The Bertz CT molecular complexity index is 787. The first kappa shape index (κ1) is 18.5. The Kier molecular flexibility index (Phi) is 5.96. The van der Waals surface area contributed by atoms with Gasteiger partial charge in [0.05, 0.1) is 12.7 Å². The largest absolute Gasteiger partial charge is 0.464 e. The molecular weight excluding hydrogens is 330 g/mol. The van der Waals surface area contributed by atoms with Crippen LogP contribution in [0.2, 0.25) is 0 Å². The number of aryl methyl sites for hydroxylation is 2. The first-order valence-electron chi connectivity index (χ1n) is 9.43. The van der Waals surface area contributed by atoms with E-state index in [-0.39, 0.29) is 18.9 Å². The summed E-state index contributed by atoms with van der Waals surface area (Å²) in [5.41, 5.74) is 3.81. The summed E-state index contributed by atoms with van der Waals surface area (Å²) in [5.74, 6) is -0.0846. The summed E-state index contributed by atoms with van der Waals surface area (Å²) >= 11 is 0. The van der Waals surface area contributed by atoms with Crippen LogP contribution in [0.4, 0.5) is 0 Å². The normalized spacial score (nSPS) is 15.2. The summed E-state index contributed by atoms with van der Waals surface area (Å²) in [6.07, 6.45) is 7.83. The second kappa shape index (κ2) is 8.39. The molecule has 1 aromatic heterocycles. The van der Waals surface area contributed by atoms with E-state index in [2.05, 4.69) is 5.32 Å². The number of ether oxygens (including phenoxy) is 1. The Morgan fingerprint density at radius 3 is 2.73 bits per heavy atom. The van der Waals surface area contributed by atoms with Crippen molar-refractivity contribution in [2.45, 2.75) is 52.4 Å². The van der Waals surface area contributed by atoms with Crippen molar-refractivity contribution in [1.29, 1.82) is 0 Å². The molecule has 5 nitrogen and oxygen atoms in total. The summed E-state index contributed by atoms with van der Waals surface area (Å²) < 4.78 is 10.7. The molecule has 0 spiro atoms. The number of esters is 1. The minimum Gasteiger partial charge on any atom is -0.464 e. The van der Waals surface area contributed by atoms with Crippen LogP contribution in [0.15, 0.2) is 22.8 Å². The van der Waals surface area contributed by atoms with Gasteiger partial charge in [0.25, 0.3) is 5.91 Å². The number of carbonyl (C=O) groups is 2. The summed E-state index contributed by atoms with van der Waals surface area (Å²) in [4.78, 5) is 24.0. The highest BCUT2D eigenvalue weighted by atomic mass is 16.5. The number of nitrogens with one attached hydrogen (secondary N) is 1. The molecule has 0 aliphatic heterocycles. The third kappa shape index (κ3) is 4.45. The second-order valence-corrected chi connectivity index (χ2v) is 7.29. The van der Waals surface area contributed by atoms with Gasteiger partial charge in [-0.05, 0) is 43.7 Å². The third-order valence-electron chi connectivity index (χ3n) is 5.35. The van der Waals surface area contributed by atoms with Crippen molar-refractivity contribution in [3.63, 3.8) is 0 Å². The molecule has 2 aromatic rings. The quantitative estimate of drug-likeness (QED) is 0.798. The SMILES string of the molecule is Cc1ccc2c(CC(=O)OCC(=O)NCC3CCCCC3)coc2c1C. The van der Waals surface area contributed by atoms with Crippen molar-refractivity contribution in [1.82, 2.24) is 5.32 Å². The van der Waals surface area contributed by atoms with Crippen LogP contribution < -0.4 is 5.32 Å². The number of carbonyl (C=O) groups excluding carboxylic acids is 2. The van der Waals surface area contributed by atoms with Gasteiger partial charge in [-0.2, -0.15) is 0 Å². The van der Waals surface area contributed by atoms with Crippen molar-refractivity contribution in [3.05, 3.63) is 35.1 Å². The molecule has 1 amide bonds. The lowest BCUT2D eigenvalue weighted by molar-refractivity contribution is -0.147. The molecule has 1 aliphatic carbocycles. The van der Waals surface area contributed by atoms with E-state index in [4.69, 9.17) is 9.15 Å². The van der Waals surface area contributed by atoms with Crippen LogP contribution in [0.5, 0.6) is 0 Å². The highest BCUT2D eigenvalue weighted by Gasteiger charge is 2.16. The Labute approximate surface area is 154 Å². The highest BCUT2D eigenvalue weighted by molar-refractivity contribution is 5.89. The van der Waals surface area contributed by atoms with Gasteiger partial charge in [0, 0.05) is 17.5 Å². The van der Waals surface area contributed by atoms with E-state index >= 15 is 0 Å². The molecule has 3 rings (SSSR count). The number of amides is 1. The first-order chi connectivity index (χ1) is 12.5. The standard InChI is InChI=1S/C21H27NO4/c1-14-8-9-18-17(12-26-21(18)15(14)2)10-20(24)25-13-19(23)22-11-16-6-4-3-5-7-16/h8-9,12,16H,3-7,10-11,13H2,1-2H3,(H,22,23). The van der Waals surface area contributed by atoms with E-state index < -0.39 is 5.97 Å². The Morgan fingerprint density at radius 2 is 1.96 bits per heavy atom. The van der Waals surface area contributed by atoms with Crippen LogP contribution in [0.3, 0.4) is 0 Å². The zero-order valence-electron chi connectivity index (χ0n) is 15.6. The van der Waals surface area contributed by atoms with E-state index in [1.54, 1.807) is 6.26 Å². The molecule has 26 heavy (non-hydrogen) atoms. The van der Waals surface area contributed by atoms with Crippen molar-refractivity contribution < 1.29 is 18.7 Å². The number of furan rings is 1. The molecular formula is C21H27NO4. The van der Waals surface area contributed by atoms with Gasteiger partial charge in [0.15, 0.2) is 6.61 Å². The molecule has 1 heterocycles. The molecule has 1 fully saturated rings. The Balaban J connectivity index is 1.47.